The number of hydrogen-bond acceptors (Lipinski definition) is 3. The lowest BCUT2D eigenvalue weighted by molar-refractivity contribution is 0.0940. The summed E-state index contributed by atoms with van der Waals surface area (Å²) < 4.78 is 1.91. The molecule has 5 heteroatoms. The summed E-state index contributed by atoms with van der Waals surface area (Å²) in [7, 11) is 1.96. The van der Waals surface area contributed by atoms with Crippen LogP contribution in [0.25, 0.3) is 0 Å². The molecule has 0 spiro atoms. The molecule has 0 aliphatic carbocycles. The first kappa shape index (κ1) is 19.5. The Morgan fingerprint density at radius 1 is 1.19 bits per heavy atom. The molecule has 1 aromatic heterocycles. The van der Waals surface area contributed by atoms with E-state index in [9.17, 15) is 4.79 Å². The molecule has 5 nitrogen and oxygen atoms in total. The fourth-order valence-electron chi connectivity index (χ4n) is 4.00. The third kappa shape index (κ3) is 4.34. The first-order valence-corrected chi connectivity index (χ1v) is 10.0. The Morgan fingerprint density at radius 3 is 2.52 bits per heavy atom. The second kappa shape index (κ2) is 8.15. The van der Waals surface area contributed by atoms with Crippen LogP contribution in [-0.2, 0) is 13.5 Å². The zero-order valence-electron chi connectivity index (χ0n) is 17.3. The minimum Gasteiger partial charge on any atom is -0.371 e. The van der Waals surface area contributed by atoms with E-state index in [0.717, 1.165) is 36.5 Å². The van der Waals surface area contributed by atoms with Gasteiger partial charge in [-0.1, -0.05) is 6.07 Å². The van der Waals surface area contributed by atoms with E-state index in [0.29, 0.717) is 0 Å². The van der Waals surface area contributed by atoms with Crippen LogP contribution in [0.2, 0.25) is 0 Å². The zero-order valence-corrected chi connectivity index (χ0v) is 17.3. The van der Waals surface area contributed by atoms with Crippen LogP contribution in [0, 0.1) is 20.8 Å². The Kier molecular flexibility index (Phi) is 5.88. The van der Waals surface area contributed by atoms with Crippen molar-refractivity contribution in [3.8, 4) is 0 Å². The van der Waals surface area contributed by atoms with Gasteiger partial charge in [0.05, 0.1) is 5.69 Å². The fraction of sp³-hybridized carbons (Fsp3) is 0.545. The van der Waals surface area contributed by atoms with Crippen molar-refractivity contribution in [1.82, 2.24) is 15.1 Å². The number of aromatic nitrogens is 2. The van der Waals surface area contributed by atoms with Crippen molar-refractivity contribution in [3.05, 3.63) is 46.3 Å². The minimum absolute atomic E-state index is 0.0000409. The summed E-state index contributed by atoms with van der Waals surface area (Å²) in [6.07, 6.45) is 4.57. The maximum absolute atomic E-state index is 12.8. The van der Waals surface area contributed by atoms with Gasteiger partial charge in [0.1, 0.15) is 0 Å². The summed E-state index contributed by atoms with van der Waals surface area (Å²) in [6, 6.07) is 6.12. The molecule has 1 saturated heterocycles. The van der Waals surface area contributed by atoms with Gasteiger partial charge in [-0.2, -0.15) is 5.10 Å². The van der Waals surface area contributed by atoms with Gasteiger partial charge in [-0.3, -0.25) is 9.48 Å². The Balaban J connectivity index is 1.70. The molecule has 146 valence electrons. The van der Waals surface area contributed by atoms with Crippen LogP contribution in [0.5, 0.6) is 0 Å². The van der Waals surface area contributed by atoms with Crippen molar-refractivity contribution in [2.24, 2.45) is 7.05 Å². The normalized spacial score (nSPS) is 15.7. The van der Waals surface area contributed by atoms with Crippen molar-refractivity contribution in [2.45, 2.75) is 59.4 Å². The molecule has 2 aromatic rings. The van der Waals surface area contributed by atoms with E-state index in [1.54, 1.807) is 0 Å². The largest absolute Gasteiger partial charge is 0.371 e. The van der Waals surface area contributed by atoms with Gasteiger partial charge in [-0.25, -0.2) is 0 Å². The lowest BCUT2D eigenvalue weighted by atomic mass is 10.0. The van der Waals surface area contributed by atoms with Crippen LogP contribution in [-0.4, -0.2) is 34.8 Å². The molecule has 1 atom stereocenters. The van der Waals surface area contributed by atoms with E-state index in [1.807, 2.05) is 24.7 Å². The summed E-state index contributed by atoms with van der Waals surface area (Å²) in [5, 5.41) is 7.64. The van der Waals surface area contributed by atoms with E-state index >= 15 is 0 Å². The zero-order chi connectivity index (χ0) is 19.6. The number of nitrogens with one attached hydrogen (secondary N) is 1. The van der Waals surface area contributed by atoms with E-state index < -0.39 is 0 Å². The van der Waals surface area contributed by atoms with Crippen molar-refractivity contribution in [3.63, 3.8) is 0 Å². The van der Waals surface area contributed by atoms with Crippen LogP contribution in [0.3, 0.4) is 0 Å². The molecule has 3 rings (SSSR count). The number of nitrogens with zero attached hydrogens (tertiary/aromatic N) is 3. The minimum atomic E-state index is -0.0000409. The standard InChI is InChI=1S/C22H32N4O/c1-15-9-10-19(14-21(15)26-11-7-6-8-12-26)22(27)23-16(2)13-20-17(3)24-25(5)18(20)4/h9-10,14,16H,6-8,11-13H2,1-5H3,(H,23,27). The summed E-state index contributed by atoms with van der Waals surface area (Å²) >= 11 is 0. The molecule has 0 bridgehead atoms. The highest BCUT2D eigenvalue weighted by atomic mass is 16.1. The average molecular weight is 369 g/mol. The molecule has 0 saturated carbocycles. The maximum atomic E-state index is 12.8. The predicted molar refractivity (Wildman–Crippen MR) is 111 cm³/mol. The van der Waals surface area contributed by atoms with E-state index in [2.05, 4.69) is 48.2 Å². The number of carbonyl (C=O) groups is 1. The van der Waals surface area contributed by atoms with Crippen LogP contribution >= 0.6 is 0 Å². The monoisotopic (exact) mass is 368 g/mol. The molecule has 27 heavy (non-hydrogen) atoms. The van der Waals surface area contributed by atoms with E-state index in [1.165, 1.54) is 36.1 Å². The molecular formula is C22H32N4O. The number of hydrogen-bond donors (Lipinski definition) is 1. The Hall–Kier alpha value is -2.30. The fourth-order valence-corrected chi connectivity index (χ4v) is 4.00. The molecule has 1 fully saturated rings. The van der Waals surface area contributed by atoms with Crippen LogP contribution in [0.4, 0.5) is 5.69 Å². The highest BCUT2D eigenvalue weighted by molar-refractivity contribution is 5.95. The summed E-state index contributed by atoms with van der Waals surface area (Å²) in [6.45, 7) is 10.5. The Labute approximate surface area is 162 Å². The van der Waals surface area contributed by atoms with Gasteiger partial charge in [0, 0.05) is 43.1 Å². The van der Waals surface area contributed by atoms with E-state index in [-0.39, 0.29) is 11.9 Å². The molecule has 1 aromatic carbocycles. The third-order valence-electron chi connectivity index (χ3n) is 5.71. The van der Waals surface area contributed by atoms with Gasteiger partial charge >= 0.3 is 0 Å². The quantitative estimate of drug-likeness (QED) is 0.875. The van der Waals surface area contributed by atoms with Crippen LogP contribution < -0.4 is 10.2 Å². The Morgan fingerprint density at radius 2 is 1.89 bits per heavy atom. The smallest absolute Gasteiger partial charge is 0.251 e. The van der Waals surface area contributed by atoms with Gasteiger partial charge in [0.25, 0.3) is 5.91 Å². The van der Waals surface area contributed by atoms with Gasteiger partial charge in [0.15, 0.2) is 0 Å². The molecule has 2 heterocycles. The van der Waals surface area contributed by atoms with Gasteiger partial charge in [-0.15, -0.1) is 0 Å². The molecule has 1 aliphatic heterocycles. The molecule has 1 unspecified atom stereocenters. The summed E-state index contributed by atoms with van der Waals surface area (Å²) in [4.78, 5) is 15.2. The van der Waals surface area contributed by atoms with Crippen molar-refractivity contribution in [2.75, 3.05) is 18.0 Å². The molecule has 0 radical (unpaired) electrons. The van der Waals surface area contributed by atoms with Crippen LogP contribution in [0.15, 0.2) is 18.2 Å². The topological polar surface area (TPSA) is 50.2 Å². The predicted octanol–water partition coefficient (Wildman–Crippen LogP) is 3.70. The number of anilines is 1. The molecule has 1 amide bonds. The maximum Gasteiger partial charge on any atom is 0.251 e. The van der Waals surface area contributed by atoms with Crippen LogP contribution in [0.1, 0.15) is 59.1 Å². The van der Waals surface area contributed by atoms with Gasteiger partial charge < -0.3 is 10.2 Å². The van der Waals surface area contributed by atoms with Gasteiger partial charge in [-0.05, 0) is 76.6 Å². The lowest BCUT2D eigenvalue weighted by Gasteiger charge is -2.30. The van der Waals surface area contributed by atoms with Gasteiger partial charge in [0.2, 0.25) is 0 Å². The molecular weight excluding hydrogens is 336 g/mol. The van der Waals surface area contributed by atoms with Crippen molar-refractivity contribution < 1.29 is 4.79 Å². The molecule has 1 aliphatic rings. The second-order valence-corrected chi connectivity index (χ2v) is 7.90. The second-order valence-electron chi connectivity index (χ2n) is 7.90. The molecule has 1 N–H and O–H groups in total. The Bertz CT molecular complexity index is 818. The number of piperidine rings is 1. The highest BCUT2D eigenvalue weighted by Crippen LogP contribution is 2.25. The number of amides is 1. The third-order valence-corrected chi connectivity index (χ3v) is 5.71. The first-order chi connectivity index (χ1) is 12.9. The number of carbonyl (C=O) groups excluding carboxylic acids is 1. The number of benzene rings is 1. The SMILES string of the molecule is Cc1ccc(C(=O)NC(C)Cc2c(C)nn(C)c2C)cc1N1CCCCC1. The number of aryl methyl sites for hydroxylation is 3. The van der Waals surface area contributed by atoms with Crippen molar-refractivity contribution in [1.29, 1.82) is 0 Å². The van der Waals surface area contributed by atoms with Crippen molar-refractivity contribution >= 4 is 11.6 Å². The summed E-state index contributed by atoms with van der Waals surface area (Å²) in [5.41, 5.74) is 6.61. The first-order valence-electron chi connectivity index (χ1n) is 10.0. The number of rotatable bonds is 5. The lowest BCUT2D eigenvalue weighted by Crippen LogP contribution is -2.35. The summed E-state index contributed by atoms with van der Waals surface area (Å²) in [5.74, 6) is -0.0000409. The van der Waals surface area contributed by atoms with E-state index in [4.69, 9.17) is 0 Å². The highest BCUT2D eigenvalue weighted by Gasteiger charge is 2.18. The average Bonchev–Trinajstić information content (AvgIpc) is 2.89.